The number of fused-ring (bicyclic) bond motifs is 1. The largest absolute Gasteiger partial charge is 0.480 e. The van der Waals surface area contributed by atoms with Gasteiger partial charge in [0, 0.05) is 0 Å². The Kier molecular flexibility index (Phi) is 2.35. The molecule has 0 atom stereocenters. The molecule has 0 radical (unpaired) electrons. The number of hydrogen-bond acceptors (Lipinski definition) is 5. The molecule has 0 saturated carbocycles. The van der Waals surface area contributed by atoms with Crippen molar-refractivity contribution >= 4 is 17.1 Å². The number of primary amides is 1. The summed E-state index contributed by atoms with van der Waals surface area (Å²) in [5.41, 5.74) is 3.72. The van der Waals surface area contributed by atoms with Crippen molar-refractivity contribution in [2.75, 3.05) is 7.11 Å². The topological polar surface area (TPSA) is 103 Å². The molecule has 2 aromatic heterocycles. The molecular formula is C21H18N4O3. The molecule has 28 heavy (non-hydrogen) atoms. The standard InChI is InChI=1S/C21H18N4O3/c1-28-20-15(18(22)26)12-16-19(23-20)24-21(27)25(16)17(13-8-4-2-5-9-13)14-10-6-3-7-11-14/h2-12,17H,1H3,(H2,22,26)(H,23,24,27)/i2D,3D,4D,5D,6D,7D,8D,9D,10D,11D. The van der Waals surface area contributed by atoms with Crippen molar-refractivity contribution in [3.8, 4) is 11.9 Å². The Morgan fingerprint density at radius 3 is 2.18 bits per heavy atom. The highest BCUT2D eigenvalue weighted by Gasteiger charge is 2.25. The molecule has 0 unspecified atom stereocenters. The van der Waals surface area contributed by atoms with Crippen LogP contribution in [-0.4, -0.2) is 32.7 Å². The fraction of sp³-hybridized carbons (Fsp3) is 0.0952. The van der Waals surface area contributed by atoms with Crippen LogP contribution in [0.2, 0.25) is 0 Å². The first-order valence-corrected chi connectivity index (χ1v) is 7.83. The maximum Gasteiger partial charge on any atom is 0.297 e. The van der Waals surface area contributed by atoms with Crippen molar-refractivity contribution < 1.29 is 28.3 Å². The van der Waals surface area contributed by atoms with Crippen molar-refractivity contribution in [2.45, 2.75) is 6.04 Å². The Morgan fingerprint density at radius 1 is 1.11 bits per heavy atom. The number of ether oxygens (including phenoxy) is 1. The summed E-state index contributed by atoms with van der Waals surface area (Å²) in [7, 11) is 1.21. The summed E-state index contributed by atoms with van der Waals surface area (Å²) in [6.07, 6.45) is 0. The molecule has 2 aromatic carbocycles. The highest BCUT2D eigenvalue weighted by molar-refractivity contribution is 5.98. The first-order valence-electron chi connectivity index (χ1n) is 12.8. The van der Waals surface area contributed by atoms with E-state index in [-0.39, 0.29) is 22.6 Å². The van der Waals surface area contributed by atoms with E-state index in [1.165, 1.54) is 7.11 Å². The van der Waals surface area contributed by atoms with Crippen LogP contribution in [0.5, 0.6) is 11.9 Å². The summed E-state index contributed by atoms with van der Waals surface area (Å²) in [4.78, 5) is 20.0. The highest BCUT2D eigenvalue weighted by Crippen LogP contribution is 2.35. The Bertz CT molecular complexity index is 1550. The second-order valence-electron chi connectivity index (χ2n) is 5.51. The number of amides is 1. The predicted octanol–water partition coefficient (Wildman–Crippen LogP) is 2.88. The number of pyridine rings is 1. The fourth-order valence-corrected chi connectivity index (χ4v) is 2.77. The molecule has 7 nitrogen and oxygen atoms in total. The van der Waals surface area contributed by atoms with Crippen LogP contribution in [0.15, 0.2) is 66.5 Å². The summed E-state index contributed by atoms with van der Waals surface area (Å²) in [5, 5.41) is 10.9. The monoisotopic (exact) mass is 384 g/mol. The Morgan fingerprint density at radius 2 is 1.68 bits per heavy atom. The highest BCUT2D eigenvalue weighted by atomic mass is 16.5. The van der Waals surface area contributed by atoms with Crippen molar-refractivity contribution in [2.24, 2.45) is 5.73 Å². The maximum atomic E-state index is 12.1. The van der Waals surface area contributed by atoms with Crippen LogP contribution in [0.1, 0.15) is 41.2 Å². The minimum atomic E-state index is -1.82. The van der Waals surface area contributed by atoms with Crippen LogP contribution in [-0.2, 0) is 0 Å². The number of hydrogen-bond donors (Lipinski definition) is 2. The van der Waals surface area contributed by atoms with Crippen LogP contribution in [0, 0.1) is 0 Å². The number of carbonyl (C=O) groups excluding carboxylic acids is 1. The summed E-state index contributed by atoms with van der Waals surface area (Å²) in [5.74, 6) is -1.22. The van der Waals surface area contributed by atoms with Gasteiger partial charge in [0.25, 0.3) is 11.9 Å². The van der Waals surface area contributed by atoms with Gasteiger partial charge in [-0.15, -0.1) is 0 Å². The van der Waals surface area contributed by atoms with Crippen molar-refractivity contribution in [1.82, 2.24) is 14.5 Å². The average Bonchev–Trinajstić information content (AvgIpc) is 3.20. The normalized spacial score (nSPS) is 16.1. The maximum absolute atomic E-state index is 12.1. The van der Waals surface area contributed by atoms with Gasteiger partial charge in [-0.05, 0) is 17.2 Å². The lowest BCUT2D eigenvalue weighted by atomic mass is 9.98. The molecule has 0 spiro atoms. The molecule has 1 amide bonds. The van der Waals surface area contributed by atoms with Gasteiger partial charge in [0.1, 0.15) is 5.56 Å². The van der Waals surface area contributed by atoms with E-state index in [9.17, 15) is 9.90 Å². The molecule has 0 bridgehead atoms. The number of nitrogens with zero attached hydrogens (tertiary/aromatic N) is 3. The number of carbonyl (C=O) groups is 1. The summed E-state index contributed by atoms with van der Waals surface area (Å²) >= 11 is 0. The smallest absolute Gasteiger partial charge is 0.297 e. The van der Waals surface area contributed by atoms with E-state index < -0.39 is 89.5 Å². The molecule has 0 fully saturated rings. The molecule has 4 rings (SSSR count). The first kappa shape index (κ1) is 9.36. The second-order valence-corrected chi connectivity index (χ2v) is 5.51. The minimum absolute atomic E-state index is 0.166. The number of imidazole rings is 1. The molecule has 0 aliphatic rings. The molecule has 0 saturated heterocycles. The van der Waals surface area contributed by atoms with Gasteiger partial charge < -0.3 is 15.6 Å². The van der Waals surface area contributed by atoms with E-state index in [0.717, 1.165) is 10.6 Å². The van der Waals surface area contributed by atoms with E-state index in [1.54, 1.807) is 0 Å². The van der Waals surface area contributed by atoms with Crippen molar-refractivity contribution in [3.05, 3.63) is 83.2 Å². The van der Waals surface area contributed by atoms with Crippen molar-refractivity contribution in [3.63, 3.8) is 0 Å². The van der Waals surface area contributed by atoms with Gasteiger partial charge in [-0.3, -0.25) is 9.36 Å². The SMILES string of the molecule is [2H]c1c([2H])c([2H])c(C(c2c([2H])c([2H])c([2H])c([2H])c2[2H])n2c(O)nc3nc(OC)c(C(N)=O)cc32)c([2H])c1[2H]. The third-order valence-corrected chi connectivity index (χ3v) is 3.93. The van der Waals surface area contributed by atoms with Crippen LogP contribution in [0.4, 0.5) is 0 Å². The molecule has 0 aliphatic carbocycles. The average molecular weight is 384 g/mol. The van der Waals surface area contributed by atoms with Gasteiger partial charge in [-0.2, -0.15) is 9.97 Å². The summed E-state index contributed by atoms with van der Waals surface area (Å²) in [6.45, 7) is 0. The number of rotatable bonds is 5. The third kappa shape index (κ3) is 2.92. The second kappa shape index (κ2) is 7.03. The van der Waals surface area contributed by atoms with Gasteiger partial charge in [0.15, 0.2) is 5.65 Å². The van der Waals surface area contributed by atoms with Crippen LogP contribution in [0.25, 0.3) is 11.2 Å². The molecule has 0 aliphatic heterocycles. The van der Waals surface area contributed by atoms with E-state index >= 15 is 0 Å². The first-order chi connectivity index (χ1) is 17.7. The lowest BCUT2D eigenvalue weighted by molar-refractivity contribution is 0.0997. The Hall–Kier alpha value is -3.87. The van der Waals surface area contributed by atoms with Gasteiger partial charge in [0.05, 0.1) is 32.4 Å². The zero-order chi connectivity index (χ0) is 28.4. The van der Waals surface area contributed by atoms with E-state index in [2.05, 4.69) is 9.97 Å². The van der Waals surface area contributed by atoms with E-state index in [4.69, 9.17) is 24.2 Å². The van der Waals surface area contributed by atoms with Gasteiger partial charge >= 0.3 is 0 Å². The Balaban J connectivity index is 2.27. The van der Waals surface area contributed by atoms with Gasteiger partial charge in [-0.25, -0.2) is 0 Å². The molecule has 140 valence electrons. The minimum Gasteiger partial charge on any atom is -0.480 e. The van der Waals surface area contributed by atoms with Gasteiger partial charge in [0.2, 0.25) is 5.88 Å². The molecule has 4 aromatic rings. The number of benzene rings is 2. The molecule has 7 heteroatoms. The number of aromatic hydroxyl groups is 1. The molecular weight excluding hydrogens is 356 g/mol. The lowest BCUT2D eigenvalue weighted by Crippen LogP contribution is -2.15. The van der Waals surface area contributed by atoms with Crippen LogP contribution < -0.4 is 10.5 Å². The van der Waals surface area contributed by atoms with Gasteiger partial charge in [-0.1, -0.05) is 60.4 Å². The number of methoxy groups -OCH3 is 1. The van der Waals surface area contributed by atoms with Crippen LogP contribution >= 0.6 is 0 Å². The zero-order valence-electron chi connectivity index (χ0n) is 24.3. The zero-order valence-corrected chi connectivity index (χ0v) is 14.3. The summed E-state index contributed by atoms with van der Waals surface area (Å²) < 4.78 is 88.3. The summed E-state index contributed by atoms with van der Waals surface area (Å²) in [6, 6.07) is -9.12. The lowest BCUT2D eigenvalue weighted by Gasteiger charge is -2.21. The quantitative estimate of drug-likeness (QED) is 0.551. The third-order valence-electron chi connectivity index (χ3n) is 3.93. The van der Waals surface area contributed by atoms with E-state index in [0.29, 0.717) is 0 Å². The van der Waals surface area contributed by atoms with Crippen LogP contribution in [0.3, 0.4) is 0 Å². The Labute approximate surface area is 175 Å². The van der Waals surface area contributed by atoms with Crippen molar-refractivity contribution in [1.29, 1.82) is 0 Å². The predicted molar refractivity (Wildman–Crippen MR) is 104 cm³/mol. The number of aromatic nitrogens is 3. The molecule has 3 N–H and O–H groups in total. The number of nitrogens with two attached hydrogens (primary N) is 1. The molecule has 2 heterocycles. The van der Waals surface area contributed by atoms with E-state index in [1.807, 2.05) is 0 Å². The fourth-order valence-electron chi connectivity index (χ4n) is 2.77.